The number of aliphatic hydroxyl groups excluding tert-OH is 1. The SMILES string of the molecule is COc1ccc(C)cc1C(O)CN1CCC(C)(C)CC1. The molecular formula is C17H27NO2. The number of nitrogens with zero attached hydrogens (tertiary/aromatic N) is 1. The van der Waals surface area contributed by atoms with Crippen molar-refractivity contribution in [2.24, 2.45) is 5.41 Å². The van der Waals surface area contributed by atoms with Crippen LogP contribution in [0.1, 0.15) is 43.9 Å². The summed E-state index contributed by atoms with van der Waals surface area (Å²) in [5.74, 6) is 0.778. The molecule has 1 heterocycles. The number of hydrogen-bond donors (Lipinski definition) is 1. The van der Waals surface area contributed by atoms with Crippen LogP contribution in [-0.2, 0) is 0 Å². The summed E-state index contributed by atoms with van der Waals surface area (Å²) in [7, 11) is 1.66. The zero-order chi connectivity index (χ0) is 14.8. The zero-order valence-corrected chi connectivity index (χ0v) is 13.1. The summed E-state index contributed by atoms with van der Waals surface area (Å²) in [6.45, 7) is 9.51. The summed E-state index contributed by atoms with van der Waals surface area (Å²) >= 11 is 0. The van der Waals surface area contributed by atoms with Crippen LogP contribution in [0.25, 0.3) is 0 Å². The molecule has 0 amide bonds. The van der Waals surface area contributed by atoms with E-state index >= 15 is 0 Å². The zero-order valence-electron chi connectivity index (χ0n) is 13.1. The minimum Gasteiger partial charge on any atom is -0.496 e. The van der Waals surface area contributed by atoms with E-state index in [0.717, 1.165) is 30.0 Å². The molecule has 2 rings (SSSR count). The number of ether oxygens (including phenoxy) is 1. The van der Waals surface area contributed by atoms with Gasteiger partial charge in [0.25, 0.3) is 0 Å². The second-order valence-electron chi connectivity index (χ2n) is 6.73. The molecule has 0 saturated carbocycles. The lowest BCUT2D eigenvalue weighted by molar-refractivity contribution is 0.0691. The summed E-state index contributed by atoms with van der Waals surface area (Å²) < 4.78 is 5.37. The van der Waals surface area contributed by atoms with Crippen LogP contribution in [0.2, 0.25) is 0 Å². The van der Waals surface area contributed by atoms with Gasteiger partial charge in [0, 0.05) is 12.1 Å². The molecule has 1 unspecified atom stereocenters. The monoisotopic (exact) mass is 277 g/mol. The summed E-state index contributed by atoms with van der Waals surface area (Å²) in [5.41, 5.74) is 2.50. The Morgan fingerprint density at radius 2 is 1.95 bits per heavy atom. The number of likely N-dealkylation sites (tertiary alicyclic amines) is 1. The molecule has 1 aliphatic rings. The van der Waals surface area contributed by atoms with Crippen molar-refractivity contribution in [3.05, 3.63) is 29.3 Å². The van der Waals surface area contributed by atoms with E-state index in [0.29, 0.717) is 12.0 Å². The van der Waals surface area contributed by atoms with Crippen LogP contribution in [0.3, 0.4) is 0 Å². The van der Waals surface area contributed by atoms with Gasteiger partial charge in [-0.15, -0.1) is 0 Å². The maximum atomic E-state index is 10.5. The minimum atomic E-state index is -0.480. The Hall–Kier alpha value is -1.06. The van der Waals surface area contributed by atoms with E-state index in [1.807, 2.05) is 25.1 Å². The molecule has 1 fully saturated rings. The number of benzene rings is 1. The highest BCUT2D eigenvalue weighted by molar-refractivity contribution is 5.38. The highest BCUT2D eigenvalue weighted by Gasteiger charge is 2.27. The van der Waals surface area contributed by atoms with E-state index < -0.39 is 6.10 Å². The van der Waals surface area contributed by atoms with Crippen LogP contribution in [0.5, 0.6) is 5.75 Å². The van der Waals surface area contributed by atoms with Crippen molar-refractivity contribution in [2.45, 2.75) is 39.7 Å². The third-order valence-corrected chi connectivity index (χ3v) is 4.38. The van der Waals surface area contributed by atoms with Gasteiger partial charge < -0.3 is 14.7 Å². The van der Waals surface area contributed by atoms with Crippen molar-refractivity contribution in [3.8, 4) is 5.75 Å². The lowest BCUT2D eigenvalue weighted by Gasteiger charge is -2.37. The summed E-state index contributed by atoms with van der Waals surface area (Å²) in [5, 5.41) is 10.5. The minimum absolute atomic E-state index is 0.447. The number of aliphatic hydroxyl groups is 1. The van der Waals surface area contributed by atoms with Gasteiger partial charge in [0.1, 0.15) is 5.75 Å². The molecule has 1 aliphatic heterocycles. The predicted octanol–water partition coefficient (Wildman–Crippen LogP) is 3.16. The van der Waals surface area contributed by atoms with Gasteiger partial charge in [-0.25, -0.2) is 0 Å². The Labute approximate surface area is 122 Å². The molecular weight excluding hydrogens is 250 g/mol. The second kappa shape index (κ2) is 6.15. The maximum absolute atomic E-state index is 10.5. The number of β-amino-alcohol motifs (C(OH)–C–C–N with tert-alkyl or cyclic N) is 1. The van der Waals surface area contributed by atoms with Crippen molar-refractivity contribution in [2.75, 3.05) is 26.7 Å². The topological polar surface area (TPSA) is 32.7 Å². The predicted molar refractivity (Wildman–Crippen MR) is 82.1 cm³/mol. The molecule has 0 radical (unpaired) electrons. The van der Waals surface area contributed by atoms with E-state index in [2.05, 4.69) is 18.7 Å². The van der Waals surface area contributed by atoms with E-state index in [1.165, 1.54) is 12.8 Å². The molecule has 1 aromatic carbocycles. The smallest absolute Gasteiger partial charge is 0.124 e. The first-order valence-electron chi connectivity index (χ1n) is 7.46. The fourth-order valence-corrected chi connectivity index (χ4v) is 2.80. The first-order chi connectivity index (χ1) is 9.41. The van der Waals surface area contributed by atoms with Crippen LogP contribution < -0.4 is 4.74 Å². The molecule has 1 N–H and O–H groups in total. The maximum Gasteiger partial charge on any atom is 0.124 e. The van der Waals surface area contributed by atoms with Gasteiger partial charge in [0.05, 0.1) is 13.2 Å². The Bertz CT molecular complexity index is 446. The van der Waals surface area contributed by atoms with Crippen LogP contribution in [0, 0.1) is 12.3 Å². The second-order valence-corrected chi connectivity index (χ2v) is 6.73. The molecule has 3 heteroatoms. The van der Waals surface area contributed by atoms with Crippen molar-refractivity contribution in [1.29, 1.82) is 0 Å². The quantitative estimate of drug-likeness (QED) is 0.917. The molecule has 0 spiro atoms. The third-order valence-electron chi connectivity index (χ3n) is 4.38. The van der Waals surface area contributed by atoms with Gasteiger partial charge in [-0.2, -0.15) is 0 Å². The largest absolute Gasteiger partial charge is 0.496 e. The van der Waals surface area contributed by atoms with Crippen molar-refractivity contribution in [1.82, 2.24) is 4.90 Å². The van der Waals surface area contributed by atoms with Gasteiger partial charge in [0.2, 0.25) is 0 Å². The first kappa shape index (κ1) is 15.3. The van der Waals surface area contributed by atoms with E-state index in [4.69, 9.17) is 4.74 Å². The lowest BCUT2D eigenvalue weighted by Crippen LogP contribution is -2.39. The number of aryl methyl sites for hydroxylation is 1. The molecule has 20 heavy (non-hydrogen) atoms. The molecule has 0 aromatic heterocycles. The Kier molecular flexibility index (Phi) is 4.71. The fourth-order valence-electron chi connectivity index (χ4n) is 2.80. The summed E-state index contributed by atoms with van der Waals surface area (Å²) in [6.07, 6.45) is 1.92. The van der Waals surface area contributed by atoms with Gasteiger partial charge in [-0.3, -0.25) is 0 Å². The van der Waals surface area contributed by atoms with Gasteiger partial charge in [-0.1, -0.05) is 25.5 Å². The average molecular weight is 277 g/mol. The van der Waals surface area contributed by atoms with Crippen molar-refractivity contribution >= 4 is 0 Å². The van der Waals surface area contributed by atoms with Gasteiger partial charge in [0.15, 0.2) is 0 Å². The van der Waals surface area contributed by atoms with E-state index in [9.17, 15) is 5.11 Å². The number of methoxy groups -OCH3 is 1. The fraction of sp³-hybridized carbons (Fsp3) is 0.647. The molecule has 1 aromatic rings. The van der Waals surface area contributed by atoms with Crippen LogP contribution in [-0.4, -0.2) is 36.8 Å². The highest BCUT2D eigenvalue weighted by Crippen LogP contribution is 2.32. The molecule has 0 aliphatic carbocycles. The number of rotatable bonds is 4. The average Bonchev–Trinajstić information content (AvgIpc) is 2.41. The standard InChI is InChI=1S/C17H27NO2/c1-13-5-6-16(20-4)14(11-13)15(19)12-18-9-7-17(2,3)8-10-18/h5-6,11,15,19H,7-10,12H2,1-4H3. The van der Waals surface area contributed by atoms with E-state index in [-0.39, 0.29) is 0 Å². The van der Waals surface area contributed by atoms with Crippen LogP contribution >= 0.6 is 0 Å². The lowest BCUT2D eigenvalue weighted by atomic mass is 9.82. The third kappa shape index (κ3) is 3.74. The number of piperidine rings is 1. The van der Waals surface area contributed by atoms with Gasteiger partial charge in [-0.05, 0) is 50.4 Å². The Morgan fingerprint density at radius 1 is 1.30 bits per heavy atom. The van der Waals surface area contributed by atoms with E-state index in [1.54, 1.807) is 7.11 Å². The summed E-state index contributed by atoms with van der Waals surface area (Å²) in [4.78, 5) is 2.36. The van der Waals surface area contributed by atoms with Crippen LogP contribution in [0.4, 0.5) is 0 Å². The van der Waals surface area contributed by atoms with Crippen molar-refractivity contribution < 1.29 is 9.84 Å². The Balaban J connectivity index is 2.02. The summed E-state index contributed by atoms with van der Waals surface area (Å²) in [6, 6.07) is 5.98. The number of hydrogen-bond acceptors (Lipinski definition) is 3. The molecule has 0 bridgehead atoms. The first-order valence-corrected chi connectivity index (χ1v) is 7.46. The molecule has 1 saturated heterocycles. The normalized spacial score (nSPS) is 20.6. The van der Waals surface area contributed by atoms with Crippen molar-refractivity contribution in [3.63, 3.8) is 0 Å². The van der Waals surface area contributed by atoms with Crippen LogP contribution in [0.15, 0.2) is 18.2 Å². The molecule has 3 nitrogen and oxygen atoms in total. The molecule has 112 valence electrons. The Morgan fingerprint density at radius 3 is 2.55 bits per heavy atom. The molecule has 1 atom stereocenters. The highest BCUT2D eigenvalue weighted by atomic mass is 16.5. The van der Waals surface area contributed by atoms with Gasteiger partial charge >= 0.3 is 0 Å².